The standard InChI is InChI=1S/C18H31N5O2/c1-3-4-6-22-7-8-23-17(13-22)10-16(20-23)11-19-18(24)21(2)12-15-5-9-25-14-15/h10,15H,3-9,11-14H2,1-2H3,(H,19,24)/t15-/m1/s1. The third-order valence-corrected chi connectivity index (χ3v) is 5.08. The fraction of sp³-hybridized carbons (Fsp3) is 0.778. The van der Waals surface area contributed by atoms with E-state index in [9.17, 15) is 4.79 Å². The Morgan fingerprint density at radius 1 is 1.48 bits per heavy atom. The van der Waals surface area contributed by atoms with Crippen LogP contribution in [0.1, 0.15) is 37.6 Å². The normalized spacial score (nSPS) is 20.5. The Kier molecular flexibility index (Phi) is 6.31. The molecule has 2 aliphatic heterocycles. The monoisotopic (exact) mass is 349 g/mol. The van der Waals surface area contributed by atoms with Crippen LogP contribution in [0.25, 0.3) is 0 Å². The van der Waals surface area contributed by atoms with Gasteiger partial charge >= 0.3 is 6.03 Å². The number of hydrogen-bond acceptors (Lipinski definition) is 4. The van der Waals surface area contributed by atoms with Crippen LogP contribution in [0.3, 0.4) is 0 Å². The lowest BCUT2D eigenvalue weighted by Gasteiger charge is -2.27. The van der Waals surface area contributed by atoms with Crippen molar-refractivity contribution in [3.63, 3.8) is 0 Å². The zero-order chi connectivity index (χ0) is 17.6. The van der Waals surface area contributed by atoms with E-state index in [1.54, 1.807) is 4.90 Å². The predicted molar refractivity (Wildman–Crippen MR) is 96.2 cm³/mol. The molecular formula is C18H31N5O2. The van der Waals surface area contributed by atoms with Crippen molar-refractivity contribution in [1.29, 1.82) is 0 Å². The van der Waals surface area contributed by atoms with Crippen LogP contribution >= 0.6 is 0 Å². The van der Waals surface area contributed by atoms with Crippen molar-refractivity contribution in [1.82, 2.24) is 24.9 Å². The summed E-state index contributed by atoms with van der Waals surface area (Å²) in [6, 6.07) is 2.09. The first-order chi connectivity index (χ1) is 12.2. The molecule has 2 amide bonds. The number of urea groups is 1. The number of rotatable bonds is 7. The molecule has 7 nitrogen and oxygen atoms in total. The summed E-state index contributed by atoms with van der Waals surface area (Å²) < 4.78 is 7.46. The molecule has 3 rings (SSSR count). The zero-order valence-corrected chi connectivity index (χ0v) is 15.5. The highest BCUT2D eigenvalue weighted by Gasteiger charge is 2.21. The van der Waals surface area contributed by atoms with Crippen molar-refractivity contribution >= 4 is 6.03 Å². The summed E-state index contributed by atoms with van der Waals surface area (Å²) >= 11 is 0. The number of hydrogen-bond donors (Lipinski definition) is 1. The second-order valence-electron chi connectivity index (χ2n) is 7.25. The van der Waals surface area contributed by atoms with E-state index < -0.39 is 0 Å². The Morgan fingerprint density at radius 3 is 3.12 bits per heavy atom. The Bertz CT molecular complexity index is 568. The van der Waals surface area contributed by atoms with Gasteiger partial charge in [-0.05, 0) is 25.5 Å². The molecule has 1 fully saturated rings. The molecule has 140 valence electrons. The fourth-order valence-corrected chi connectivity index (χ4v) is 3.54. The van der Waals surface area contributed by atoms with Crippen LogP contribution in [0, 0.1) is 5.92 Å². The highest BCUT2D eigenvalue weighted by molar-refractivity contribution is 5.73. The van der Waals surface area contributed by atoms with Gasteiger partial charge in [-0.2, -0.15) is 5.10 Å². The molecular weight excluding hydrogens is 318 g/mol. The van der Waals surface area contributed by atoms with E-state index in [0.717, 1.165) is 58.1 Å². The molecule has 25 heavy (non-hydrogen) atoms. The van der Waals surface area contributed by atoms with Crippen LogP contribution in [-0.2, 0) is 24.4 Å². The van der Waals surface area contributed by atoms with E-state index in [0.29, 0.717) is 12.5 Å². The van der Waals surface area contributed by atoms with Crippen LogP contribution in [0.15, 0.2) is 6.07 Å². The Labute approximate surface area is 150 Å². The van der Waals surface area contributed by atoms with E-state index in [4.69, 9.17) is 4.74 Å². The van der Waals surface area contributed by atoms with E-state index in [1.165, 1.54) is 18.5 Å². The number of nitrogens with zero attached hydrogens (tertiary/aromatic N) is 4. The lowest BCUT2D eigenvalue weighted by atomic mass is 10.1. The lowest BCUT2D eigenvalue weighted by molar-refractivity contribution is 0.171. The SMILES string of the molecule is CCCCN1CCn2nc(CNC(=O)N(C)C[C@H]3CCOC3)cc2C1. The number of fused-ring (bicyclic) bond motifs is 1. The van der Waals surface area contributed by atoms with Crippen molar-refractivity contribution in [2.24, 2.45) is 5.92 Å². The van der Waals surface area contributed by atoms with Crippen LogP contribution in [-0.4, -0.2) is 65.5 Å². The number of amides is 2. The van der Waals surface area contributed by atoms with Gasteiger partial charge in [0.15, 0.2) is 0 Å². The van der Waals surface area contributed by atoms with Gasteiger partial charge in [0.2, 0.25) is 0 Å². The summed E-state index contributed by atoms with van der Waals surface area (Å²) in [5, 5.41) is 7.62. The van der Waals surface area contributed by atoms with Crippen molar-refractivity contribution < 1.29 is 9.53 Å². The average molecular weight is 349 g/mol. The maximum absolute atomic E-state index is 12.2. The number of aromatic nitrogens is 2. The Balaban J connectivity index is 1.46. The van der Waals surface area contributed by atoms with Crippen LogP contribution in [0.4, 0.5) is 4.79 Å². The number of carbonyl (C=O) groups excluding carboxylic acids is 1. The molecule has 1 atom stereocenters. The van der Waals surface area contributed by atoms with Gasteiger partial charge in [-0.1, -0.05) is 13.3 Å². The summed E-state index contributed by atoms with van der Waals surface area (Å²) in [5.41, 5.74) is 2.20. The number of unbranched alkanes of at least 4 members (excludes halogenated alkanes) is 1. The molecule has 1 N–H and O–H groups in total. The highest BCUT2D eigenvalue weighted by Crippen LogP contribution is 2.15. The highest BCUT2D eigenvalue weighted by atomic mass is 16.5. The van der Waals surface area contributed by atoms with Gasteiger partial charge in [0.25, 0.3) is 0 Å². The van der Waals surface area contributed by atoms with Gasteiger partial charge < -0.3 is 15.0 Å². The second-order valence-corrected chi connectivity index (χ2v) is 7.25. The minimum Gasteiger partial charge on any atom is -0.381 e. The summed E-state index contributed by atoms with van der Waals surface area (Å²) in [6.07, 6.45) is 3.52. The first-order valence-corrected chi connectivity index (χ1v) is 9.50. The summed E-state index contributed by atoms with van der Waals surface area (Å²) in [6.45, 7) is 9.16. The smallest absolute Gasteiger partial charge is 0.317 e. The van der Waals surface area contributed by atoms with E-state index in [-0.39, 0.29) is 6.03 Å². The third kappa shape index (κ3) is 4.95. The Morgan fingerprint density at radius 2 is 2.36 bits per heavy atom. The maximum atomic E-state index is 12.2. The van der Waals surface area contributed by atoms with Gasteiger partial charge in [0.1, 0.15) is 0 Å². The molecule has 0 bridgehead atoms. The van der Waals surface area contributed by atoms with E-state index in [2.05, 4.69) is 33.0 Å². The first-order valence-electron chi connectivity index (χ1n) is 9.50. The Hall–Kier alpha value is -1.60. The average Bonchev–Trinajstić information content (AvgIpc) is 3.26. The minimum absolute atomic E-state index is 0.0394. The van der Waals surface area contributed by atoms with Crippen molar-refractivity contribution in [3.8, 4) is 0 Å². The zero-order valence-electron chi connectivity index (χ0n) is 15.5. The maximum Gasteiger partial charge on any atom is 0.317 e. The van der Waals surface area contributed by atoms with Gasteiger partial charge in [-0.3, -0.25) is 9.58 Å². The molecule has 0 unspecified atom stereocenters. The molecule has 1 aromatic rings. The summed E-state index contributed by atoms with van der Waals surface area (Å²) in [4.78, 5) is 16.5. The number of nitrogens with one attached hydrogen (secondary N) is 1. The molecule has 0 spiro atoms. The molecule has 3 heterocycles. The summed E-state index contributed by atoms with van der Waals surface area (Å²) in [5.74, 6) is 0.463. The molecule has 0 aliphatic carbocycles. The van der Waals surface area contributed by atoms with Crippen LogP contribution in [0.5, 0.6) is 0 Å². The molecule has 1 saturated heterocycles. The van der Waals surface area contributed by atoms with Crippen molar-refractivity contribution in [2.45, 2.75) is 45.8 Å². The van der Waals surface area contributed by atoms with Gasteiger partial charge in [-0.25, -0.2) is 4.79 Å². The van der Waals surface area contributed by atoms with Crippen molar-refractivity contribution in [3.05, 3.63) is 17.5 Å². The van der Waals surface area contributed by atoms with Crippen molar-refractivity contribution in [2.75, 3.05) is 39.9 Å². The molecule has 1 aromatic heterocycles. The van der Waals surface area contributed by atoms with E-state index >= 15 is 0 Å². The second kappa shape index (κ2) is 8.67. The van der Waals surface area contributed by atoms with Crippen LogP contribution < -0.4 is 5.32 Å². The number of carbonyl (C=O) groups is 1. The minimum atomic E-state index is -0.0394. The largest absolute Gasteiger partial charge is 0.381 e. The topological polar surface area (TPSA) is 62.6 Å². The molecule has 0 radical (unpaired) electrons. The quantitative estimate of drug-likeness (QED) is 0.813. The molecule has 2 aliphatic rings. The van der Waals surface area contributed by atoms with Gasteiger partial charge in [0, 0.05) is 39.2 Å². The molecule has 7 heteroatoms. The van der Waals surface area contributed by atoms with Gasteiger partial charge in [0.05, 0.1) is 31.1 Å². The third-order valence-electron chi connectivity index (χ3n) is 5.08. The summed E-state index contributed by atoms with van der Waals surface area (Å²) in [7, 11) is 1.84. The van der Waals surface area contributed by atoms with Crippen LogP contribution in [0.2, 0.25) is 0 Å². The number of ether oxygens (including phenoxy) is 1. The molecule has 0 saturated carbocycles. The van der Waals surface area contributed by atoms with E-state index in [1.807, 2.05) is 7.05 Å². The first kappa shape index (κ1) is 18.2. The lowest BCUT2D eigenvalue weighted by Crippen LogP contribution is -2.39. The predicted octanol–water partition coefficient (Wildman–Crippen LogP) is 1.68. The fourth-order valence-electron chi connectivity index (χ4n) is 3.54. The molecule has 0 aromatic carbocycles. The van der Waals surface area contributed by atoms with Gasteiger partial charge in [-0.15, -0.1) is 0 Å².